The molecule has 4 heteroatoms. The molecule has 1 atom stereocenters. The highest BCUT2D eigenvalue weighted by Gasteiger charge is 2.20. The molecule has 0 bridgehead atoms. The van der Waals surface area contributed by atoms with E-state index in [4.69, 9.17) is 5.11 Å². The highest BCUT2D eigenvalue weighted by molar-refractivity contribution is 5.72. The van der Waals surface area contributed by atoms with Crippen molar-refractivity contribution in [2.45, 2.75) is 33.1 Å². The van der Waals surface area contributed by atoms with E-state index in [1.807, 2.05) is 32.0 Å². The number of hydrogen-bond donors (Lipinski definition) is 1. The third-order valence-corrected chi connectivity index (χ3v) is 3.84. The number of halogens is 2. The van der Waals surface area contributed by atoms with Gasteiger partial charge in [0, 0.05) is 0 Å². The summed E-state index contributed by atoms with van der Waals surface area (Å²) >= 11 is 0. The Morgan fingerprint density at radius 3 is 2.32 bits per heavy atom. The van der Waals surface area contributed by atoms with Crippen LogP contribution in [-0.4, -0.2) is 11.1 Å². The maximum absolute atomic E-state index is 14.0. The van der Waals surface area contributed by atoms with Crippen molar-refractivity contribution in [3.63, 3.8) is 0 Å². The van der Waals surface area contributed by atoms with E-state index in [1.54, 1.807) is 13.0 Å². The SMILES string of the molecule is Cc1cccc(C)c1-c1cc(F)c(F)c([C@@H](C)CC(=O)O)c1. The Balaban J connectivity index is 2.60. The fourth-order valence-corrected chi connectivity index (χ4v) is 2.75. The third kappa shape index (κ3) is 3.16. The van der Waals surface area contributed by atoms with Crippen molar-refractivity contribution in [2.75, 3.05) is 0 Å². The summed E-state index contributed by atoms with van der Waals surface area (Å²) in [6.07, 6.45) is -0.243. The number of carbonyl (C=O) groups is 1. The van der Waals surface area contributed by atoms with Crippen LogP contribution in [0.4, 0.5) is 8.78 Å². The first-order valence-electron chi connectivity index (χ1n) is 7.08. The summed E-state index contributed by atoms with van der Waals surface area (Å²) in [6.45, 7) is 5.40. The van der Waals surface area contributed by atoms with Crippen molar-refractivity contribution in [1.82, 2.24) is 0 Å². The number of aryl methyl sites for hydroxylation is 2. The lowest BCUT2D eigenvalue weighted by Gasteiger charge is -2.16. The van der Waals surface area contributed by atoms with Crippen molar-refractivity contribution in [1.29, 1.82) is 0 Å². The molecule has 1 N–H and O–H groups in total. The molecule has 0 aliphatic carbocycles. The van der Waals surface area contributed by atoms with E-state index in [2.05, 4.69) is 0 Å². The zero-order chi connectivity index (χ0) is 16.4. The molecule has 0 radical (unpaired) electrons. The van der Waals surface area contributed by atoms with Crippen LogP contribution in [0.3, 0.4) is 0 Å². The van der Waals surface area contributed by atoms with Gasteiger partial charge in [0.05, 0.1) is 6.42 Å². The molecule has 0 saturated carbocycles. The van der Waals surface area contributed by atoms with Crippen LogP contribution in [0.25, 0.3) is 11.1 Å². The second kappa shape index (κ2) is 6.26. The van der Waals surface area contributed by atoms with E-state index < -0.39 is 23.5 Å². The van der Waals surface area contributed by atoms with Crippen molar-refractivity contribution in [3.8, 4) is 11.1 Å². The number of carboxylic acids is 1. The van der Waals surface area contributed by atoms with E-state index in [1.165, 1.54) is 6.07 Å². The fourth-order valence-electron chi connectivity index (χ4n) is 2.75. The van der Waals surface area contributed by atoms with Crippen molar-refractivity contribution >= 4 is 5.97 Å². The van der Waals surface area contributed by atoms with Crippen LogP contribution in [-0.2, 0) is 4.79 Å². The van der Waals surface area contributed by atoms with Gasteiger partial charge < -0.3 is 5.11 Å². The van der Waals surface area contributed by atoms with Crippen LogP contribution >= 0.6 is 0 Å². The number of aliphatic carboxylic acids is 1. The Kier molecular flexibility index (Phi) is 4.59. The minimum atomic E-state index is -1.04. The van der Waals surface area contributed by atoms with Crippen LogP contribution in [0.2, 0.25) is 0 Å². The van der Waals surface area contributed by atoms with Gasteiger partial charge in [-0.25, -0.2) is 8.78 Å². The number of carboxylic acid groups (broad SMARTS) is 1. The van der Waals surface area contributed by atoms with Gasteiger partial charge in [0.25, 0.3) is 0 Å². The molecule has 0 aliphatic rings. The van der Waals surface area contributed by atoms with Gasteiger partial charge >= 0.3 is 5.97 Å². The van der Waals surface area contributed by atoms with Gasteiger partial charge in [0.15, 0.2) is 11.6 Å². The maximum Gasteiger partial charge on any atom is 0.303 e. The summed E-state index contributed by atoms with van der Waals surface area (Å²) in [4.78, 5) is 10.8. The van der Waals surface area contributed by atoms with E-state index in [0.29, 0.717) is 5.56 Å². The van der Waals surface area contributed by atoms with Crippen molar-refractivity contribution < 1.29 is 18.7 Å². The Bertz CT molecular complexity index is 703. The summed E-state index contributed by atoms with van der Waals surface area (Å²) in [5.74, 6) is -3.56. The van der Waals surface area contributed by atoms with Crippen molar-refractivity contribution in [2.24, 2.45) is 0 Å². The average Bonchev–Trinajstić information content (AvgIpc) is 2.41. The molecule has 0 aliphatic heterocycles. The van der Waals surface area contributed by atoms with Gasteiger partial charge in [-0.3, -0.25) is 4.79 Å². The smallest absolute Gasteiger partial charge is 0.303 e. The van der Waals surface area contributed by atoms with Gasteiger partial charge in [-0.1, -0.05) is 25.1 Å². The van der Waals surface area contributed by atoms with Gasteiger partial charge in [0.2, 0.25) is 0 Å². The molecule has 2 aromatic rings. The van der Waals surface area contributed by atoms with E-state index in [-0.39, 0.29) is 12.0 Å². The molecule has 0 aromatic heterocycles. The topological polar surface area (TPSA) is 37.3 Å². The first-order valence-corrected chi connectivity index (χ1v) is 7.08. The lowest BCUT2D eigenvalue weighted by molar-refractivity contribution is -0.137. The van der Waals surface area contributed by atoms with Crippen LogP contribution < -0.4 is 0 Å². The third-order valence-electron chi connectivity index (χ3n) is 3.84. The normalized spacial score (nSPS) is 12.2. The molecule has 0 fully saturated rings. The summed E-state index contributed by atoms with van der Waals surface area (Å²) in [5.41, 5.74) is 3.44. The Morgan fingerprint density at radius 2 is 1.77 bits per heavy atom. The number of benzene rings is 2. The monoisotopic (exact) mass is 304 g/mol. The van der Waals surface area contributed by atoms with Gasteiger partial charge in [-0.2, -0.15) is 0 Å². The predicted molar refractivity (Wildman–Crippen MR) is 81.9 cm³/mol. The molecule has 2 nitrogen and oxygen atoms in total. The Morgan fingerprint density at radius 1 is 1.18 bits per heavy atom. The van der Waals surface area contributed by atoms with Gasteiger partial charge in [0.1, 0.15) is 0 Å². The quantitative estimate of drug-likeness (QED) is 0.878. The molecule has 2 rings (SSSR count). The molecule has 0 amide bonds. The summed E-state index contributed by atoms with van der Waals surface area (Å²) < 4.78 is 28.0. The number of rotatable bonds is 4. The zero-order valence-corrected chi connectivity index (χ0v) is 12.8. The minimum absolute atomic E-state index is 0.0973. The van der Waals surface area contributed by atoms with E-state index in [9.17, 15) is 13.6 Å². The highest BCUT2D eigenvalue weighted by atomic mass is 19.2. The molecule has 0 spiro atoms. The second-order valence-electron chi connectivity index (χ2n) is 5.63. The molecule has 0 heterocycles. The summed E-state index contributed by atoms with van der Waals surface area (Å²) in [7, 11) is 0. The van der Waals surface area contributed by atoms with Gasteiger partial charge in [-0.15, -0.1) is 0 Å². The lowest BCUT2D eigenvalue weighted by Crippen LogP contribution is -2.07. The van der Waals surface area contributed by atoms with Crippen LogP contribution in [0.1, 0.15) is 36.0 Å². The van der Waals surface area contributed by atoms with Gasteiger partial charge in [-0.05, 0) is 59.7 Å². The van der Waals surface area contributed by atoms with Crippen molar-refractivity contribution in [3.05, 3.63) is 58.7 Å². The first kappa shape index (κ1) is 16.1. The molecule has 116 valence electrons. The van der Waals surface area contributed by atoms with Crippen LogP contribution in [0.15, 0.2) is 30.3 Å². The minimum Gasteiger partial charge on any atom is -0.481 e. The summed E-state index contributed by atoms with van der Waals surface area (Å²) in [6, 6.07) is 8.44. The molecular weight excluding hydrogens is 286 g/mol. The highest BCUT2D eigenvalue weighted by Crippen LogP contribution is 2.33. The fraction of sp³-hybridized carbons (Fsp3) is 0.278. The first-order chi connectivity index (χ1) is 10.3. The molecule has 0 unspecified atom stereocenters. The Hall–Kier alpha value is -2.23. The lowest BCUT2D eigenvalue weighted by atomic mass is 9.90. The predicted octanol–water partition coefficient (Wildman–Crippen LogP) is 4.83. The van der Waals surface area contributed by atoms with Crippen LogP contribution in [0.5, 0.6) is 0 Å². The van der Waals surface area contributed by atoms with E-state index in [0.717, 1.165) is 16.7 Å². The molecule has 2 aromatic carbocycles. The number of hydrogen-bond acceptors (Lipinski definition) is 1. The van der Waals surface area contributed by atoms with E-state index >= 15 is 0 Å². The maximum atomic E-state index is 14.0. The second-order valence-corrected chi connectivity index (χ2v) is 5.63. The standard InChI is InChI=1S/C18H18F2O2/c1-10-5-4-6-11(2)17(10)13-8-14(12(3)7-16(21)22)18(20)15(19)9-13/h4-6,8-9,12H,7H2,1-3H3,(H,21,22)/t12-/m0/s1. The molecule has 0 saturated heterocycles. The zero-order valence-electron chi connectivity index (χ0n) is 12.8. The summed E-state index contributed by atoms with van der Waals surface area (Å²) in [5, 5.41) is 8.86. The Labute approximate surface area is 128 Å². The largest absolute Gasteiger partial charge is 0.481 e. The molecular formula is C18H18F2O2. The molecule has 22 heavy (non-hydrogen) atoms. The van der Waals surface area contributed by atoms with Crippen LogP contribution in [0, 0.1) is 25.5 Å². The average molecular weight is 304 g/mol.